The molecule has 27 heavy (non-hydrogen) atoms. The van der Waals surface area contributed by atoms with Gasteiger partial charge in [-0.25, -0.2) is 19.5 Å². The normalized spacial score (nSPS) is 14.3. The zero-order chi connectivity index (χ0) is 19.2. The summed E-state index contributed by atoms with van der Waals surface area (Å²) in [5, 5.41) is 12.2. The van der Waals surface area contributed by atoms with Gasteiger partial charge in [0.1, 0.15) is 5.82 Å². The number of fused-ring (bicyclic) bond motifs is 1. The van der Waals surface area contributed by atoms with Crippen molar-refractivity contribution in [1.29, 1.82) is 0 Å². The molecule has 1 aliphatic rings. The summed E-state index contributed by atoms with van der Waals surface area (Å²) in [7, 11) is 0. The van der Waals surface area contributed by atoms with Crippen LogP contribution in [0.3, 0.4) is 0 Å². The lowest BCUT2D eigenvalue weighted by molar-refractivity contribution is 0.509. The SMILES string of the molecule is CCNC(=NCc1sc(C)nc1C)NCCCn1nc2n(c1=O)CCCC2. The highest BCUT2D eigenvalue weighted by atomic mass is 32.1. The fourth-order valence-electron chi connectivity index (χ4n) is 3.24. The second-order valence-corrected chi connectivity index (χ2v) is 8.04. The minimum Gasteiger partial charge on any atom is -0.357 e. The molecule has 9 heteroatoms. The molecule has 0 atom stereocenters. The number of aliphatic imine (C=N–C) groups is 1. The molecule has 2 aromatic rings. The monoisotopic (exact) mass is 391 g/mol. The van der Waals surface area contributed by atoms with Crippen LogP contribution in [0.2, 0.25) is 0 Å². The maximum absolute atomic E-state index is 12.3. The van der Waals surface area contributed by atoms with Crippen molar-refractivity contribution in [2.45, 2.75) is 66.1 Å². The highest BCUT2D eigenvalue weighted by Gasteiger charge is 2.16. The Morgan fingerprint density at radius 3 is 2.85 bits per heavy atom. The van der Waals surface area contributed by atoms with Gasteiger partial charge in [-0.2, -0.15) is 5.10 Å². The number of hydrogen-bond donors (Lipinski definition) is 2. The van der Waals surface area contributed by atoms with Crippen molar-refractivity contribution in [2.75, 3.05) is 13.1 Å². The molecule has 0 saturated carbocycles. The quantitative estimate of drug-likeness (QED) is 0.425. The summed E-state index contributed by atoms with van der Waals surface area (Å²) in [5.74, 6) is 1.73. The summed E-state index contributed by atoms with van der Waals surface area (Å²) in [6, 6.07) is 0. The van der Waals surface area contributed by atoms with Crippen LogP contribution >= 0.6 is 11.3 Å². The average molecular weight is 392 g/mol. The Morgan fingerprint density at radius 2 is 2.15 bits per heavy atom. The standard InChI is InChI=1S/C18H29N7OS/c1-4-19-17(21-12-15-13(2)22-14(3)27-15)20-9-7-11-25-18(26)24-10-6-5-8-16(24)23-25/h4-12H2,1-3H3,(H2,19,20,21). The van der Waals surface area contributed by atoms with Gasteiger partial charge in [-0.1, -0.05) is 0 Å². The van der Waals surface area contributed by atoms with Crippen molar-refractivity contribution in [3.8, 4) is 0 Å². The Morgan fingerprint density at radius 1 is 1.30 bits per heavy atom. The van der Waals surface area contributed by atoms with E-state index in [-0.39, 0.29) is 5.69 Å². The molecule has 2 aromatic heterocycles. The highest BCUT2D eigenvalue weighted by Crippen LogP contribution is 2.17. The molecule has 0 radical (unpaired) electrons. The van der Waals surface area contributed by atoms with Crippen LogP contribution < -0.4 is 16.3 Å². The van der Waals surface area contributed by atoms with E-state index >= 15 is 0 Å². The van der Waals surface area contributed by atoms with E-state index in [1.807, 2.05) is 18.4 Å². The van der Waals surface area contributed by atoms with Crippen LogP contribution in [-0.2, 0) is 26.1 Å². The predicted octanol–water partition coefficient (Wildman–Crippen LogP) is 1.60. The number of thiazole rings is 1. The number of nitrogens with one attached hydrogen (secondary N) is 2. The second kappa shape index (κ2) is 9.16. The second-order valence-electron chi connectivity index (χ2n) is 6.75. The van der Waals surface area contributed by atoms with Crippen LogP contribution in [0.1, 0.15) is 47.6 Å². The molecule has 0 bridgehead atoms. The van der Waals surface area contributed by atoms with E-state index in [4.69, 9.17) is 0 Å². The van der Waals surface area contributed by atoms with Gasteiger partial charge in [-0.15, -0.1) is 11.3 Å². The van der Waals surface area contributed by atoms with Gasteiger partial charge < -0.3 is 10.6 Å². The van der Waals surface area contributed by atoms with E-state index in [1.54, 1.807) is 16.0 Å². The third-order valence-corrected chi connectivity index (χ3v) is 5.65. The van der Waals surface area contributed by atoms with Gasteiger partial charge in [-0.3, -0.25) is 4.57 Å². The largest absolute Gasteiger partial charge is 0.357 e. The number of hydrogen-bond acceptors (Lipinski definition) is 5. The van der Waals surface area contributed by atoms with E-state index in [0.717, 1.165) is 67.8 Å². The van der Waals surface area contributed by atoms with Gasteiger partial charge in [0, 0.05) is 37.5 Å². The summed E-state index contributed by atoms with van der Waals surface area (Å²) in [6.45, 7) is 9.69. The first-order valence-corrected chi connectivity index (χ1v) is 10.5. The van der Waals surface area contributed by atoms with E-state index < -0.39 is 0 Å². The smallest absolute Gasteiger partial charge is 0.345 e. The Kier molecular flexibility index (Phi) is 6.65. The van der Waals surface area contributed by atoms with Gasteiger partial charge in [0.2, 0.25) is 0 Å². The minimum atomic E-state index is 0.0290. The summed E-state index contributed by atoms with van der Waals surface area (Å²) in [4.78, 5) is 22.6. The molecule has 0 aliphatic carbocycles. The van der Waals surface area contributed by atoms with Crippen molar-refractivity contribution < 1.29 is 0 Å². The highest BCUT2D eigenvalue weighted by molar-refractivity contribution is 7.11. The van der Waals surface area contributed by atoms with Crippen molar-refractivity contribution >= 4 is 17.3 Å². The molecular formula is C18H29N7OS. The summed E-state index contributed by atoms with van der Waals surface area (Å²) < 4.78 is 3.43. The first kappa shape index (κ1) is 19.6. The van der Waals surface area contributed by atoms with Crippen molar-refractivity contribution in [2.24, 2.45) is 4.99 Å². The lowest BCUT2D eigenvalue weighted by Gasteiger charge is -2.11. The number of rotatable bonds is 7. The Labute approximate surface area is 163 Å². The van der Waals surface area contributed by atoms with Crippen molar-refractivity contribution in [1.82, 2.24) is 30.0 Å². The number of guanidine groups is 1. The summed E-state index contributed by atoms with van der Waals surface area (Å²) >= 11 is 1.69. The minimum absolute atomic E-state index is 0.0290. The molecule has 148 valence electrons. The fraction of sp³-hybridized carbons (Fsp3) is 0.667. The van der Waals surface area contributed by atoms with Crippen LogP contribution in [0.4, 0.5) is 0 Å². The van der Waals surface area contributed by atoms with Gasteiger partial charge in [-0.05, 0) is 40.0 Å². The molecular weight excluding hydrogens is 362 g/mol. The fourth-order valence-corrected chi connectivity index (χ4v) is 4.10. The molecule has 3 rings (SSSR count). The number of aromatic nitrogens is 4. The first-order chi connectivity index (χ1) is 13.1. The maximum Gasteiger partial charge on any atom is 0.345 e. The van der Waals surface area contributed by atoms with Crippen LogP contribution in [0, 0.1) is 13.8 Å². The van der Waals surface area contributed by atoms with E-state index in [2.05, 4.69) is 32.6 Å². The average Bonchev–Trinajstić information content (AvgIpc) is 3.15. The molecule has 0 aromatic carbocycles. The van der Waals surface area contributed by atoms with Crippen LogP contribution in [-0.4, -0.2) is 38.4 Å². The molecule has 2 N–H and O–H groups in total. The molecule has 1 aliphatic heterocycles. The third kappa shape index (κ3) is 4.97. The number of nitrogens with zero attached hydrogens (tertiary/aromatic N) is 5. The van der Waals surface area contributed by atoms with Crippen molar-refractivity contribution in [3.05, 3.63) is 31.9 Å². The number of aryl methyl sites for hydroxylation is 4. The topological polar surface area (TPSA) is 89.1 Å². The van der Waals surface area contributed by atoms with E-state index in [0.29, 0.717) is 13.1 Å². The van der Waals surface area contributed by atoms with Crippen molar-refractivity contribution in [3.63, 3.8) is 0 Å². The Hall–Kier alpha value is -2.16. The van der Waals surface area contributed by atoms with E-state index in [9.17, 15) is 4.79 Å². The lowest BCUT2D eigenvalue weighted by Crippen LogP contribution is -2.38. The molecule has 0 amide bonds. The van der Waals surface area contributed by atoms with Crippen LogP contribution in [0.15, 0.2) is 9.79 Å². The lowest BCUT2D eigenvalue weighted by atomic mass is 10.2. The maximum atomic E-state index is 12.3. The molecule has 0 saturated heterocycles. The molecule has 0 fully saturated rings. The Bertz CT molecular complexity index is 849. The van der Waals surface area contributed by atoms with Gasteiger partial charge in [0.05, 0.1) is 17.2 Å². The molecule has 0 unspecified atom stereocenters. The summed E-state index contributed by atoms with van der Waals surface area (Å²) in [5.41, 5.74) is 1.08. The van der Waals surface area contributed by atoms with Crippen LogP contribution in [0.25, 0.3) is 0 Å². The van der Waals surface area contributed by atoms with Gasteiger partial charge >= 0.3 is 5.69 Å². The van der Waals surface area contributed by atoms with E-state index in [1.165, 1.54) is 4.88 Å². The zero-order valence-electron chi connectivity index (χ0n) is 16.4. The van der Waals surface area contributed by atoms with Crippen LogP contribution in [0.5, 0.6) is 0 Å². The zero-order valence-corrected chi connectivity index (χ0v) is 17.2. The van der Waals surface area contributed by atoms with Gasteiger partial charge in [0.25, 0.3) is 0 Å². The van der Waals surface area contributed by atoms with Gasteiger partial charge in [0.15, 0.2) is 5.96 Å². The molecule has 8 nitrogen and oxygen atoms in total. The first-order valence-electron chi connectivity index (χ1n) is 9.70. The molecule has 3 heterocycles. The summed E-state index contributed by atoms with van der Waals surface area (Å²) in [6.07, 6.45) is 3.92. The third-order valence-electron chi connectivity index (χ3n) is 4.60. The molecule has 0 spiro atoms. The Balaban J connectivity index is 1.51. The predicted molar refractivity (Wildman–Crippen MR) is 108 cm³/mol.